The number of amides is 3. The first-order valence-corrected chi connectivity index (χ1v) is 23.3. The van der Waals surface area contributed by atoms with Gasteiger partial charge >= 0.3 is 0 Å². The summed E-state index contributed by atoms with van der Waals surface area (Å²) in [6, 6.07) is 19.8. The smallest absolute Gasteiger partial charge is 0.258 e. The van der Waals surface area contributed by atoms with E-state index < -0.39 is 47.0 Å². The van der Waals surface area contributed by atoms with Crippen LogP contribution in [0.5, 0.6) is 11.5 Å². The molecule has 2 aliphatic heterocycles. The van der Waals surface area contributed by atoms with Crippen molar-refractivity contribution < 1.29 is 33.7 Å². The summed E-state index contributed by atoms with van der Waals surface area (Å²) >= 11 is 1.50. The largest absolute Gasteiger partial charge is 0.507 e. The Hall–Kier alpha value is -6.57. The van der Waals surface area contributed by atoms with Crippen molar-refractivity contribution in [2.45, 2.75) is 77.4 Å². The van der Waals surface area contributed by atoms with Gasteiger partial charge in [0.05, 0.1) is 44.9 Å². The molecule has 3 fully saturated rings. The van der Waals surface area contributed by atoms with Gasteiger partial charge in [0.2, 0.25) is 11.8 Å². The summed E-state index contributed by atoms with van der Waals surface area (Å²) in [5.41, 5.74) is 10.6. The highest BCUT2D eigenvalue weighted by molar-refractivity contribution is 7.13. The minimum Gasteiger partial charge on any atom is -0.507 e. The maximum Gasteiger partial charge on any atom is 0.258 e. The summed E-state index contributed by atoms with van der Waals surface area (Å²) in [4.78, 5) is 51.7. The lowest BCUT2D eigenvalue weighted by molar-refractivity contribution is -0.145. The van der Waals surface area contributed by atoms with Gasteiger partial charge < -0.3 is 41.1 Å². The Morgan fingerprint density at radius 2 is 1.79 bits per heavy atom. The molecule has 0 spiro atoms. The number of aromatic nitrogens is 3. The third-order valence-electron chi connectivity index (χ3n) is 12.4. The molecule has 0 bridgehead atoms. The number of carbonyl (C=O) groups is 3. The number of aliphatic hydroxyl groups excluding tert-OH is 1. The number of nitrogens with zero attached hydrogens (tertiary/aromatic N) is 8. The van der Waals surface area contributed by atoms with Crippen LogP contribution in [-0.4, -0.2) is 123 Å². The topological polar surface area (TPSA) is 224 Å². The quantitative estimate of drug-likeness (QED) is 0.0753. The number of azo groups is 1. The minimum absolute atomic E-state index is 0.00402. The third kappa shape index (κ3) is 11.0. The number of anilines is 2. The number of nitrogens with two attached hydrogens (primary N) is 1. The molecule has 67 heavy (non-hydrogen) atoms. The van der Waals surface area contributed by atoms with E-state index in [9.17, 15) is 29.0 Å². The first kappa shape index (κ1) is 46.9. The Morgan fingerprint density at radius 1 is 1.01 bits per heavy atom. The van der Waals surface area contributed by atoms with Crippen molar-refractivity contribution in [3.63, 3.8) is 0 Å². The van der Waals surface area contributed by atoms with Gasteiger partial charge in [0.1, 0.15) is 30.2 Å². The number of ether oxygens (including phenoxy) is 1. The van der Waals surface area contributed by atoms with Crippen LogP contribution in [0.15, 0.2) is 88.5 Å². The Balaban J connectivity index is 0.897. The summed E-state index contributed by atoms with van der Waals surface area (Å²) in [5.74, 6) is -0.786. The number of nitrogen functional groups attached to an aromatic ring is 1. The Labute approximate surface area is 392 Å². The summed E-state index contributed by atoms with van der Waals surface area (Å²) in [5, 5.41) is 44.1. The molecule has 4 heterocycles. The zero-order chi connectivity index (χ0) is 47.5. The molecule has 0 unspecified atom stereocenters. The van der Waals surface area contributed by atoms with Gasteiger partial charge in [0.15, 0.2) is 11.5 Å². The molecule has 3 amide bonds. The number of benzene rings is 3. The SMILES string of the molecule is Cc1ncsc1-c1ccc(CNC(=O)[C@H]2C[C@H](O)CN2C(=O)[C@@H](NC(=O)C2(F)CC2)C(C)(C)C)c(/N=N/c2cccc(OCCN3CCN(c4cc(-c5ccccc5O)nnc4N)CC3)c2)c1. The average Bonchev–Trinajstić information content (AvgIpc) is 3.72. The van der Waals surface area contributed by atoms with Gasteiger partial charge in [-0.2, -0.15) is 10.2 Å². The first-order valence-electron chi connectivity index (χ1n) is 22.4. The van der Waals surface area contributed by atoms with Crippen molar-refractivity contribution >= 4 is 51.9 Å². The van der Waals surface area contributed by atoms with Crippen LogP contribution in [0, 0.1) is 12.3 Å². The molecule has 3 atom stereocenters. The highest BCUT2D eigenvalue weighted by Gasteiger charge is 2.53. The molecule has 8 rings (SSSR count). The molecular formula is C48H56FN11O6S. The van der Waals surface area contributed by atoms with Crippen LogP contribution >= 0.6 is 11.3 Å². The van der Waals surface area contributed by atoms with Crippen LogP contribution < -0.4 is 26.0 Å². The highest BCUT2D eigenvalue weighted by Crippen LogP contribution is 2.41. The number of aromatic hydroxyl groups is 1. The first-order chi connectivity index (χ1) is 32.1. The van der Waals surface area contributed by atoms with Gasteiger partial charge in [0, 0.05) is 63.9 Å². The standard InChI is InChI=1S/C48H56FN11O6S/c1-29-41(67-28-52-29)30-12-13-31(26-51-44(63)39-24-33(61)27-60(39)45(64)42(47(2,3)4)53-46(65)48(49)14-15-48)36(22-30)55-54-32-8-7-9-34(23-32)66-21-20-58-16-18-59(19-17-58)38-25-37(56-57-43(38)50)35-10-5-6-11-40(35)62/h5-13,22-23,25,28,33,39,42,61-62H,14-21,24,26-27H2,1-4H3,(H2,50,57)(H,51,63)(H,53,65)/b55-54+/t33-,39+,42+/m0/s1. The molecular weight excluding hydrogens is 878 g/mol. The number of carbonyl (C=O) groups excluding carboxylic acids is 3. The van der Waals surface area contributed by atoms with Crippen molar-refractivity contribution in [3.8, 4) is 33.2 Å². The molecule has 1 aliphatic carbocycles. The normalized spacial score (nSPS) is 18.8. The van der Waals surface area contributed by atoms with E-state index in [1.807, 2.05) is 61.5 Å². The molecule has 352 valence electrons. The lowest BCUT2D eigenvalue weighted by atomic mass is 9.85. The number of thiazole rings is 1. The fourth-order valence-electron chi connectivity index (χ4n) is 8.26. The molecule has 5 aromatic rings. The number of aliphatic hydroxyl groups is 1. The molecule has 2 aromatic heterocycles. The third-order valence-corrected chi connectivity index (χ3v) is 13.3. The maximum absolute atomic E-state index is 14.7. The van der Waals surface area contributed by atoms with Gasteiger partial charge in [-0.15, -0.1) is 21.5 Å². The van der Waals surface area contributed by atoms with Gasteiger partial charge in [0.25, 0.3) is 5.91 Å². The second-order valence-electron chi connectivity index (χ2n) is 18.4. The van der Waals surface area contributed by atoms with Crippen LogP contribution in [0.2, 0.25) is 0 Å². The lowest BCUT2D eigenvalue weighted by Gasteiger charge is -2.36. The van der Waals surface area contributed by atoms with E-state index in [0.717, 1.165) is 48.0 Å². The number of phenols is 1. The number of aryl methyl sites for hydroxylation is 1. The van der Waals surface area contributed by atoms with E-state index in [-0.39, 0.29) is 38.1 Å². The number of hydrogen-bond donors (Lipinski definition) is 5. The molecule has 6 N–H and O–H groups in total. The Kier molecular flexibility index (Phi) is 13.8. The van der Waals surface area contributed by atoms with Crippen molar-refractivity contribution in [1.29, 1.82) is 0 Å². The molecule has 2 saturated heterocycles. The maximum atomic E-state index is 14.7. The van der Waals surface area contributed by atoms with Gasteiger partial charge in [-0.1, -0.05) is 51.1 Å². The van der Waals surface area contributed by atoms with Crippen LogP contribution in [0.3, 0.4) is 0 Å². The lowest BCUT2D eigenvalue weighted by Crippen LogP contribution is -2.59. The van der Waals surface area contributed by atoms with Gasteiger partial charge in [-0.05, 0) is 72.7 Å². The number of β-amino-alcohol motifs (C(OH)–C–C–N with tert-alkyl or cyclic N) is 1. The number of hydrogen-bond acceptors (Lipinski definition) is 15. The monoisotopic (exact) mass is 933 g/mol. The Morgan fingerprint density at radius 3 is 2.51 bits per heavy atom. The summed E-state index contributed by atoms with van der Waals surface area (Å²) < 4.78 is 20.8. The van der Waals surface area contributed by atoms with Crippen molar-refractivity contribution in [2.24, 2.45) is 15.6 Å². The fraction of sp³-hybridized carbons (Fsp3) is 0.417. The number of rotatable bonds is 15. The number of likely N-dealkylation sites (tertiary alicyclic amines) is 1. The van der Waals surface area contributed by atoms with Crippen LogP contribution in [0.4, 0.5) is 27.3 Å². The predicted octanol–water partition coefficient (Wildman–Crippen LogP) is 6.09. The summed E-state index contributed by atoms with van der Waals surface area (Å²) in [6.45, 7) is 11.3. The molecule has 3 aliphatic rings. The molecule has 3 aromatic carbocycles. The van der Waals surface area contributed by atoms with E-state index in [1.54, 1.807) is 44.5 Å². The van der Waals surface area contributed by atoms with E-state index in [4.69, 9.17) is 10.5 Å². The fourth-order valence-corrected chi connectivity index (χ4v) is 9.07. The van der Waals surface area contributed by atoms with Crippen LogP contribution in [0.25, 0.3) is 21.7 Å². The van der Waals surface area contributed by atoms with Crippen LogP contribution in [-0.2, 0) is 20.9 Å². The Bertz CT molecular complexity index is 2640. The zero-order valence-corrected chi connectivity index (χ0v) is 38.8. The summed E-state index contributed by atoms with van der Waals surface area (Å²) in [6.07, 6.45) is -0.760. The minimum atomic E-state index is -1.98. The van der Waals surface area contributed by atoms with Gasteiger partial charge in [-0.25, -0.2) is 9.37 Å². The highest BCUT2D eigenvalue weighted by atomic mass is 32.1. The number of alkyl halides is 1. The average molecular weight is 934 g/mol. The number of halogens is 1. The second kappa shape index (κ2) is 19.7. The van der Waals surface area contributed by atoms with Crippen molar-refractivity contribution in [2.75, 3.05) is 56.5 Å². The van der Waals surface area contributed by atoms with E-state index in [2.05, 4.69) is 45.8 Å². The predicted molar refractivity (Wildman–Crippen MR) is 253 cm³/mol. The molecule has 19 heteroatoms. The molecule has 17 nitrogen and oxygen atoms in total. The zero-order valence-electron chi connectivity index (χ0n) is 38.0. The van der Waals surface area contributed by atoms with E-state index >= 15 is 0 Å². The summed E-state index contributed by atoms with van der Waals surface area (Å²) in [7, 11) is 0. The number of phenolic OH excluding ortho intramolecular Hbond substituents is 1. The van der Waals surface area contributed by atoms with Crippen molar-refractivity contribution in [3.05, 3.63) is 89.6 Å². The number of piperazine rings is 1. The number of para-hydroxylation sites is 1. The molecule has 0 radical (unpaired) electrons. The number of nitrogens with one attached hydrogen (secondary N) is 2. The second-order valence-corrected chi connectivity index (χ2v) is 19.2. The molecule has 1 saturated carbocycles. The van der Waals surface area contributed by atoms with Gasteiger partial charge in [-0.3, -0.25) is 19.3 Å². The van der Waals surface area contributed by atoms with E-state index in [1.165, 1.54) is 16.2 Å². The van der Waals surface area contributed by atoms with Crippen LogP contribution in [0.1, 0.15) is 51.3 Å². The van der Waals surface area contributed by atoms with E-state index in [0.29, 0.717) is 52.9 Å². The van der Waals surface area contributed by atoms with Crippen molar-refractivity contribution in [1.82, 2.24) is 35.6 Å².